The van der Waals surface area contributed by atoms with Crippen LogP contribution in [-0.2, 0) is 12.8 Å². The number of nitrogens with zero attached hydrogens (tertiary/aromatic N) is 1. The highest BCUT2D eigenvalue weighted by atomic mass is 32.2. The van der Waals surface area contributed by atoms with Crippen molar-refractivity contribution in [3.05, 3.63) is 135 Å². The minimum absolute atomic E-state index is 0.233. The topological polar surface area (TPSA) is 12.4 Å². The van der Waals surface area contributed by atoms with Crippen LogP contribution in [0.4, 0.5) is 3.89 Å². The van der Waals surface area contributed by atoms with E-state index in [-0.39, 0.29) is 12.1 Å². The molecule has 0 atom stereocenters. The third-order valence-electron chi connectivity index (χ3n) is 6.45. The number of halogens is 1. The number of aryl methyl sites for hydroxylation is 4. The molecule has 0 saturated carbocycles. The van der Waals surface area contributed by atoms with Gasteiger partial charge in [-0.05, 0) is 113 Å². The fourth-order valence-corrected chi connectivity index (χ4v) is 5.17. The first-order valence-corrected chi connectivity index (χ1v) is 17.0. The normalized spacial score (nSPS) is 9.82. The van der Waals surface area contributed by atoms with Crippen molar-refractivity contribution in [3.8, 4) is 0 Å². The first kappa shape index (κ1) is 40.9. The smallest absolute Gasteiger partial charge is 0.0827 e. The Bertz CT molecular complexity index is 1360. The second kappa shape index (κ2) is 23.3. The van der Waals surface area contributed by atoms with E-state index in [2.05, 4.69) is 146 Å². The highest BCUT2D eigenvalue weighted by molar-refractivity contribution is 7.99. The third kappa shape index (κ3) is 16.1. The number of aliphatic imine (C=N–C) groups is 1. The molecule has 4 heteroatoms. The predicted molar refractivity (Wildman–Crippen MR) is 204 cm³/mol. The standard InChI is InChI=1S/C13H16S.C11H14.C10H14.C6H10FNS/c1-10(2)9-11(3)12-7-5-6-8-13(12)14-4;1-8(2)11-9(3)6-5-7-10(11)4;1-3-9-6-5-7-10(4-2)8-9;1-5(2)6(9-7)4-8-3/h5-9H,3H2,1-2,4H3;5-7H,1H2,2-4H3;5-8H,3-4H2,1-2H3;4H,1-3H3. The van der Waals surface area contributed by atoms with E-state index in [1.807, 2.05) is 13.8 Å². The van der Waals surface area contributed by atoms with Crippen molar-refractivity contribution in [3.63, 3.8) is 0 Å². The molecule has 1 nitrogen and oxygen atoms in total. The van der Waals surface area contributed by atoms with Crippen molar-refractivity contribution in [1.29, 1.82) is 0 Å². The van der Waals surface area contributed by atoms with E-state index in [9.17, 15) is 3.89 Å². The van der Waals surface area contributed by atoms with Gasteiger partial charge in [-0.3, -0.25) is 4.99 Å². The summed E-state index contributed by atoms with van der Waals surface area (Å²) < 4.78 is 11.9. The lowest BCUT2D eigenvalue weighted by molar-refractivity contribution is 0.945. The summed E-state index contributed by atoms with van der Waals surface area (Å²) in [5, 5.41) is 0. The minimum atomic E-state index is 0.233. The molecule has 3 aromatic carbocycles. The minimum Gasteiger partial charge on any atom is -0.295 e. The van der Waals surface area contributed by atoms with E-state index in [0.717, 1.165) is 29.6 Å². The number of rotatable bonds is 8. The van der Waals surface area contributed by atoms with Crippen molar-refractivity contribution in [2.45, 2.75) is 80.1 Å². The molecule has 238 valence electrons. The molecular weight excluding hydrogens is 578 g/mol. The lowest BCUT2D eigenvalue weighted by atomic mass is 9.98. The molecule has 0 unspecified atom stereocenters. The van der Waals surface area contributed by atoms with Crippen molar-refractivity contribution >= 4 is 41.3 Å². The van der Waals surface area contributed by atoms with Crippen LogP contribution >= 0.6 is 23.9 Å². The Balaban J connectivity index is 0.000000569. The molecule has 0 aliphatic carbocycles. The van der Waals surface area contributed by atoms with E-state index in [4.69, 9.17) is 0 Å². The molecule has 0 spiro atoms. The maximum Gasteiger partial charge on any atom is 0.0827 e. The Morgan fingerprint density at radius 2 is 1.34 bits per heavy atom. The van der Waals surface area contributed by atoms with Crippen molar-refractivity contribution in [2.75, 3.05) is 13.3 Å². The van der Waals surface area contributed by atoms with Gasteiger partial charge in [0.15, 0.2) is 0 Å². The number of benzene rings is 3. The van der Waals surface area contributed by atoms with E-state index >= 15 is 0 Å². The average molecular weight is 632 g/mol. The van der Waals surface area contributed by atoms with Gasteiger partial charge in [0, 0.05) is 18.2 Å². The summed E-state index contributed by atoms with van der Waals surface area (Å²) in [6, 6.07) is 23.5. The Labute approximate surface area is 277 Å². The summed E-state index contributed by atoms with van der Waals surface area (Å²) in [5.41, 5.74) is 12.6. The van der Waals surface area contributed by atoms with E-state index in [0.29, 0.717) is 4.91 Å². The highest BCUT2D eigenvalue weighted by Gasteiger charge is 2.02. The van der Waals surface area contributed by atoms with Crippen LogP contribution in [0.3, 0.4) is 0 Å². The fraction of sp³-hybridized carbons (Fsp3) is 0.325. The van der Waals surface area contributed by atoms with Gasteiger partial charge >= 0.3 is 0 Å². The summed E-state index contributed by atoms with van der Waals surface area (Å²) in [5.74, 6) is 0. The van der Waals surface area contributed by atoms with Crippen LogP contribution in [0.2, 0.25) is 0 Å². The SMILES string of the molecule is C=C(C)c1c(C)cccc1C.C=C(C=C(C)C)c1ccccc1SC.CCc1cccc(CC)c1.CN=CC(SF)=C(C)C. The molecule has 3 rings (SSSR count). The molecule has 0 amide bonds. The maximum absolute atomic E-state index is 11.9. The van der Waals surface area contributed by atoms with Crippen molar-refractivity contribution in [2.24, 2.45) is 4.99 Å². The zero-order chi connectivity index (χ0) is 33.7. The van der Waals surface area contributed by atoms with Gasteiger partial charge in [0.25, 0.3) is 0 Å². The molecule has 0 bridgehead atoms. The zero-order valence-electron chi connectivity index (χ0n) is 29.0. The quantitative estimate of drug-likeness (QED) is 0.139. The van der Waals surface area contributed by atoms with Gasteiger partial charge < -0.3 is 0 Å². The molecule has 0 heterocycles. The predicted octanol–water partition coefficient (Wildman–Crippen LogP) is 13.1. The van der Waals surface area contributed by atoms with Gasteiger partial charge in [-0.15, -0.1) is 11.8 Å². The number of allylic oxidation sites excluding steroid dienone is 6. The maximum atomic E-state index is 11.9. The van der Waals surface area contributed by atoms with E-state index in [1.165, 1.54) is 50.1 Å². The summed E-state index contributed by atoms with van der Waals surface area (Å²) in [4.78, 5) is 5.57. The van der Waals surface area contributed by atoms with Crippen LogP contribution in [0.1, 0.15) is 81.8 Å². The Morgan fingerprint density at radius 1 is 0.818 bits per heavy atom. The second-order valence-corrected chi connectivity index (χ2v) is 12.3. The Kier molecular flexibility index (Phi) is 21.7. The summed E-state index contributed by atoms with van der Waals surface area (Å²) in [7, 11) is 1.62. The van der Waals surface area contributed by atoms with Gasteiger partial charge in [-0.1, -0.05) is 110 Å². The van der Waals surface area contributed by atoms with Gasteiger partial charge in [-0.25, -0.2) is 0 Å². The molecule has 0 radical (unpaired) electrons. The summed E-state index contributed by atoms with van der Waals surface area (Å²) in [6.45, 7) is 26.6. The van der Waals surface area contributed by atoms with Gasteiger partial charge in [-0.2, -0.15) is 3.89 Å². The first-order chi connectivity index (χ1) is 20.9. The Hall–Kier alpha value is -3.08. The number of hydrogen-bond acceptors (Lipinski definition) is 3. The summed E-state index contributed by atoms with van der Waals surface area (Å²) >= 11 is 1.99. The number of hydrogen-bond donors (Lipinski definition) is 0. The molecule has 0 N–H and O–H groups in total. The zero-order valence-corrected chi connectivity index (χ0v) is 30.6. The van der Waals surface area contributed by atoms with Gasteiger partial charge in [0.2, 0.25) is 0 Å². The first-order valence-electron chi connectivity index (χ1n) is 15.0. The van der Waals surface area contributed by atoms with Crippen molar-refractivity contribution in [1.82, 2.24) is 0 Å². The fourth-order valence-electron chi connectivity index (χ4n) is 4.24. The van der Waals surface area contributed by atoms with Crippen LogP contribution in [0.5, 0.6) is 0 Å². The third-order valence-corrected chi connectivity index (χ3v) is 7.93. The molecule has 3 aromatic rings. The lowest BCUT2D eigenvalue weighted by Crippen LogP contribution is -1.88. The highest BCUT2D eigenvalue weighted by Crippen LogP contribution is 2.26. The molecular formula is C40H54FNS2. The van der Waals surface area contributed by atoms with Crippen LogP contribution < -0.4 is 0 Å². The summed E-state index contributed by atoms with van der Waals surface area (Å²) in [6.07, 6.45) is 8.02. The van der Waals surface area contributed by atoms with E-state index in [1.54, 1.807) is 18.8 Å². The molecule has 44 heavy (non-hydrogen) atoms. The van der Waals surface area contributed by atoms with Crippen molar-refractivity contribution < 1.29 is 3.89 Å². The average Bonchev–Trinajstić information content (AvgIpc) is 3.00. The largest absolute Gasteiger partial charge is 0.295 e. The molecule has 0 aliphatic rings. The molecule has 0 fully saturated rings. The number of thioether (sulfide) groups is 1. The lowest BCUT2D eigenvalue weighted by Gasteiger charge is -2.07. The van der Waals surface area contributed by atoms with Crippen LogP contribution in [-0.4, -0.2) is 19.5 Å². The second-order valence-electron chi connectivity index (χ2n) is 10.9. The van der Waals surface area contributed by atoms with Crippen LogP contribution in [0, 0.1) is 13.8 Å². The van der Waals surface area contributed by atoms with Gasteiger partial charge in [0.1, 0.15) is 0 Å². The van der Waals surface area contributed by atoms with Crippen LogP contribution in [0.15, 0.2) is 112 Å². The monoisotopic (exact) mass is 631 g/mol. The Morgan fingerprint density at radius 3 is 1.70 bits per heavy atom. The van der Waals surface area contributed by atoms with Crippen LogP contribution in [0.25, 0.3) is 11.1 Å². The molecule has 0 aliphatic heterocycles. The molecule has 0 saturated heterocycles. The van der Waals surface area contributed by atoms with E-state index < -0.39 is 0 Å². The molecule has 0 aromatic heterocycles. The van der Waals surface area contributed by atoms with Gasteiger partial charge in [0.05, 0.1) is 17.1 Å².